The maximum atomic E-state index is 11.5. The van der Waals surface area contributed by atoms with Crippen LogP contribution in [0.3, 0.4) is 0 Å². The molecule has 0 saturated carbocycles. The van der Waals surface area contributed by atoms with Crippen LogP contribution in [0.1, 0.15) is 44.9 Å². The minimum absolute atomic E-state index is 0.0503. The Kier molecular flexibility index (Phi) is 7.39. The fraction of sp³-hybridized carbons (Fsp3) is 0.643. The summed E-state index contributed by atoms with van der Waals surface area (Å²) in [6.07, 6.45) is 8.44. The lowest BCUT2D eigenvalue weighted by Crippen LogP contribution is -2.41. The van der Waals surface area contributed by atoms with Crippen molar-refractivity contribution >= 4 is 17.9 Å². The third kappa shape index (κ3) is 7.56. The smallest absolute Gasteiger partial charge is 0.321 e. The summed E-state index contributed by atoms with van der Waals surface area (Å²) in [5, 5.41) is 13.4. The highest BCUT2D eigenvalue weighted by atomic mass is 16.4. The second-order valence-electron chi connectivity index (χ2n) is 5.01. The molecule has 0 bridgehead atoms. The SMILES string of the molecule is O=C(O)CCCCC(=O)NC(=O)NCC1CC=CCC1. The molecule has 0 aromatic rings. The van der Waals surface area contributed by atoms with Crippen LogP contribution in [0.2, 0.25) is 0 Å². The fourth-order valence-electron chi connectivity index (χ4n) is 2.07. The maximum absolute atomic E-state index is 11.5. The molecule has 0 aliphatic heterocycles. The molecular weight excluding hydrogens is 260 g/mol. The van der Waals surface area contributed by atoms with E-state index in [4.69, 9.17) is 5.11 Å². The van der Waals surface area contributed by atoms with Crippen molar-refractivity contribution < 1.29 is 19.5 Å². The molecule has 3 amide bonds. The van der Waals surface area contributed by atoms with E-state index in [1.807, 2.05) is 0 Å². The second kappa shape index (κ2) is 9.12. The highest BCUT2D eigenvalue weighted by molar-refractivity contribution is 5.94. The first-order valence-electron chi connectivity index (χ1n) is 7.02. The number of urea groups is 1. The van der Waals surface area contributed by atoms with Gasteiger partial charge in [-0.3, -0.25) is 14.9 Å². The minimum Gasteiger partial charge on any atom is -0.481 e. The van der Waals surface area contributed by atoms with Crippen LogP contribution in [-0.4, -0.2) is 29.6 Å². The van der Waals surface area contributed by atoms with Gasteiger partial charge in [-0.1, -0.05) is 12.2 Å². The molecule has 0 radical (unpaired) electrons. The van der Waals surface area contributed by atoms with E-state index >= 15 is 0 Å². The van der Waals surface area contributed by atoms with Crippen molar-refractivity contribution in [1.29, 1.82) is 0 Å². The standard InChI is InChI=1S/C14H22N2O4/c17-12(8-4-5-9-13(18)19)16-14(20)15-10-11-6-2-1-3-7-11/h1-2,11H,3-10H2,(H,18,19)(H2,15,16,17,20). The summed E-state index contributed by atoms with van der Waals surface area (Å²) >= 11 is 0. The molecule has 1 aliphatic rings. The van der Waals surface area contributed by atoms with Crippen LogP contribution in [0.25, 0.3) is 0 Å². The zero-order valence-electron chi connectivity index (χ0n) is 11.6. The van der Waals surface area contributed by atoms with E-state index in [1.165, 1.54) is 0 Å². The highest BCUT2D eigenvalue weighted by Gasteiger charge is 2.12. The molecule has 1 atom stereocenters. The van der Waals surface area contributed by atoms with Gasteiger partial charge in [-0.25, -0.2) is 4.79 Å². The number of rotatable bonds is 7. The third-order valence-corrected chi connectivity index (χ3v) is 3.23. The Labute approximate surface area is 118 Å². The van der Waals surface area contributed by atoms with E-state index < -0.39 is 12.0 Å². The van der Waals surface area contributed by atoms with Gasteiger partial charge in [-0.05, 0) is 38.0 Å². The Morgan fingerprint density at radius 1 is 1.15 bits per heavy atom. The summed E-state index contributed by atoms with van der Waals surface area (Å²) in [6, 6.07) is -0.470. The first-order valence-corrected chi connectivity index (χ1v) is 7.02. The van der Waals surface area contributed by atoms with Crippen LogP contribution in [0.4, 0.5) is 4.79 Å². The predicted molar refractivity (Wildman–Crippen MR) is 74.1 cm³/mol. The lowest BCUT2D eigenvalue weighted by atomic mass is 9.94. The minimum atomic E-state index is -0.871. The van der Waals surface area contributed by atoms with E-state index in [1.54, 1.807) is 0 Å². The molecule has 0 aromatic heterocycles. The summed E-state index contributed by atoms with van der Waals surface area (Å²) < 4.78 is 0. The Morgan fingerprint density at radius 2 is 1.90 bits per heavy atom. The van der Waals surface area contributed by atoms with Gasteiger partial charge in [0.15, 0.2) is 0 Å². The number of carbonyl (C=O) groups excluding carboxylic acids is 2. The van der Waals surface area contributed by atoms with E-state index in [0.29, 0.717) is 25.3 Å². The summed E-state index contributed by atoms with van der Waals surface area (Å²) in [6.45, 7) is 0.572. The number of amides is 3. The molecule has 0 aromatic carbocycles. The van der Waals surface area contributed by atoms with Gasteiger partial charge >= 0.3 is 12.0 Å². The summed E-state index contributed by atoms with van der Waals surface area (Å²) in [7, 11) is 0. The Bertz CT molecular complexity index is 379. The van der Waals surface area contributed by atoms with Gasteiger partial charge in [0.05, 0.1) is 0 Å². The second-order valence-corrected chi connectivity index (χ2v) is 5.01. The lowest BCUT2D eigenvalue weighted by molar-refractivity contribution is -0.137. The maximum Gasteiger partial charge on any atom is 0.321 e. The van der Waals surface area contributed by atoms with Crippen LogP contribution < -0.4 is 10.6 Å². The Morgan fingerprint density at radius 3 is 2.55 bits per heavy atom. The molecule has 0 fully saturated rings. The van der Waals surface area contributed by atoms with Crippen LogP contribution >= 0.6 is 0 Å². The van der Waals surface area contributed by atoms with Crippen molar-refractivity contribution in [2.24, 2.45) is 5.92 Å². The average molecular weight is 282 g/mol. The molecule has 3 N–H and O–H groups in total. The topological polar surface area (TPSA) is 95.5 Å². The number of unbranched alkanes of at least 4 members (excludes halogenated alkanes) is 1. The molecule has 0 heterocycles. The molecule has 6 nitrogen and oxygen atoms in total. The van der Waals surface area contributed by atoms with Gasteiger partial charge in [0.1, 0.15) is 0 Å². The van der Waals surface area contributed by atoms with Gasteiger partial charge in [0.2, 0.25) is 5.91 Å². The van der Waals surface area contributed by atoms with Gasteiger partial charge in [-0.2, -0.15) is 0 Å². The average Bonchev–Trinajstić information content (AvgIpc) is 2.42. The molecule has 1 unspecified atom stereocenters. The van der Waals surface area contributed by atoms with Crippen LogP contribution in [-0.2, 0) is 9.59 Å². The normalized spacial score (nSPS) is 17.5. The molecule has 1 aliphatic carbocycles. The third-order valence-electron chi connectivity index (χ3n) is 3.23. The van der Waals surface area contributed by atoms with E-state index in [9.17, 15) is 14.4 Å². The number of aliphatic carboxylic acids is 1. The van der Waals surface area contributed by atoms with E-state index in [0.717, 1.165) is 19.3 Å². The largest absolute Gasteiger partial charge is 0.481 e. The Hall–Kier alpha value is -1.85. The number of allylic oxidation sites excluding steroid dienone is 2. The predicted octanol–water partition coefficient (Wildman–Crippen LogP) is 1.81. The number of imide groups is 1. The first-order chi connectivity index (χ1) is 9.58. The summed E-state index contributed by atoms with van der Waals surface area (Å²) in [5.74, 6) is -0.794. The van der Waals surface area contributed by atoms with Crippen molar-refractivity contribution in [3.63, 3.8) is 0 Å². The molecular formula is C14H22N2O4. The van der Waals surface area contributed by atoms with Crippen LogP contribution in [0.15, 0.2) is 12.2 Å². The van der Waals surface area contributed by atoms with E-state index in [2.05, 4.69) is 22.8 Å². The number of hydrogen-bond donors (Lipinski definition) is 3. The monoisotopic (exact) mass is 282 g/mol. The summed E-state index contributed by atoms with van der Waals surface area (Å²) in [4.78, 5) is 33.2. The van der Waals surface area contributed by atoms with Gasteiger partial charge in [0.25, 0.3) is 0 Å². The van der Waals surface area contributed by atoms with E-state index in [-0.39, 0.29) is 18.7 Å². The zero-order valence-corrected chi connectivity index (χ0v) is 11.6. The zero-order chi connectivity index (χ0) is 14.8. The molecule has 1 rings (SSSR count). The number of carbonyl (C=O) groups is 3. The van der Waals surface area contributed by atoms with Crippen LogP contribution in [0, 0.1) is 5.92 Å². The fourth-order valence-corrected chi connectivity index (χ4v) is 2.07. The van der Waals surface area contributed by atoms with Crippen molar-refractivity contribution in [3.8, 4) is 0 Å². The van der Waals surface area contributed by atoms with Crippen LogP contribution in [0.5, 0.6) is 0 Å². The number of carboxylic acid groups (broad SMARTS) is 1. The summed E-state index contributed by atoms with van der Waals surface area (Å²) in [5.41, 5.74) is 0. The van der Waals surface area contributed by atoms with Crippen molar-refractivity contribution in [2.45, 2.75) is 44.9 Å². The van der Waals surface area contributed by atoms with Gasteiger partial charge in [-0.15, -0.1) is 0 Å². The quantitative estimate of drug-likeness (QED) is 0.490. The molecule has 0 spiro atoms. The van der Waals surface area contributed by atoms with Gasteiger partial charge < -0.3 is 10.4 Å². The van der Waals surface area contributed by atoms with Crippen molar-refractivity contribution in [2.75, 3.05) is 6.54 Å². The molecule has 20 heavy (non-hydrogen) atoms. The Balaban J connectivity index is 2.07. The van der Waals surface area contributed by atoms with Crippen molar-refractivity contribution in [3.05, 3.63) is 12.2 Å². The molecule has 0 saturated heterocycles. The molecule has 112 valence electrons. The number of nitrogens with one attached hydrogen (secondary N) is 2. The molecule has 6 heteroatoms. The van der Waals surface area contributed by atoms with Crippen molar-refractivity contribution in [1.82, 2.24) is 10.6 Å². The number of hydrogen-bond acceptors (Lipinski definition) is 3. The number of carboxylic acids is 1. The van der Waals surface area contributed by atoms with Gasteiger partial charge in [0, 0.05) is 19.4 Å². The highest BCUT2D eigenvalue weighted by Crippen LogP contribution is 2.16. The lowest BCUT2D eigenvalue weighted by Gasteiger charge is -2.18. The first kappa shape index (κ1) is 16.2.